The molecular formula is C17H22O2. The van der Waals surface area contributed by atoms with Crippen molar-refractivity contribution in [3.63, 3.8) is 0 Å². The van der Waals surface area contributed by atoms with Gasteiger partial charge in [0.05, 0.1) is 11.7 Å². The van der Waals surface area contributed by atoms with E-state index >= 15 is 0 Å². The highest BCUT2D eigenvalue weighted by atomic mass is 16.5. The summed E-state index contributed by atoms with van der Waals surface area (Å²) in [5, 5.41) is 9.43. The average Bonchev–Trinajstić information content (AvgIpc) is 2.37. The molecule has 19 heavy (non-hydrogen) atoms. The van der Waals surface area contributed by atoms with E-state index in [1.54, 1.807) is 12.1 Å². The lowest BCUT2D eigenvalue weighted by Gasteiger charge is -2.49. The van der Waals surface area contributed by atoms with Crippen molar-refractivity contribution < 1.29 is 9.84 Å². The fraction of sp³-hybridized carbons (Fsp3) is 0.529. The van der Waals surface area contributed by atoms with Crippen LogP contribution in [0, 0.1) is 11.8 Å². The highest BCUT2D eigenvalue weighted by Crippen LogP contribution is 2.50. The molecule has 1 aliphatic heterocycles. The van der Waals surface area contributed by atoms with Crippen LogP contribution >= 0.6 is 0 Å². The molecule has 1 aliphatic carbocycles. The Morgan fingerprint density at radius 3 is 2.58 bits per heavy atom. The van der Waals surface area contributed by atoms with E-state index in [-0.39, 0.29) is 11.7 Å². The summed E-state index contributed by atoms with van der Waals surface area (Å²) in [5.74, 6) is 1.42. The van der Waals surface area contributed by atoms with Gasteiger partial charge in [0.2, 0.25) is 0 Å². The second-order valence-electron chi connectivity index (χ2n) is 6.46. The second kappa shape index (κ2) is 4.38. The minimum atomic E-state index is -0.0732. The normalized spacial score (nSPS) is 32.8. The van der Waals surface area contributed by atoms with Crippen molar-refractivity contribution in [2.24, 2.45) is 11.8 Å². The number of aromatic hydroxyl groups is 1. The molecule has 3 atom stereocenters. The highest BCUT2D eigenvalue weighted by Gasteiger charge is 2.45. The zero-order chi connectivity index (χ0) is 13.6. The minimum absolute atomic E-state index is 0.0732. The van der Waals surface area contributed by atoms with E-state index in [2.05, 4.69) is 26.8 Å². The molecular weight excluding hydrogens is 236 g/mol. The summed E-state index contributed by atoms with van der Waals surface area (Å²) >= 11 is 0. The second-order valence-corrected chi connectivity index (χ2v) is 6.46. The van der Waals surface area contributed by atoms with Crippen molar-refractivity contribution in [1.29, 1.82) is 0 Å². The zero-order valence-corrected chi connectivity index (χ0v) is 11.9. The van der Waals surface area contributed by atoms with Crippen LogP contribution in [0.15, 0.2) is 35.9 Å². The van der Waals surface area contributed by atoms with Crippen LogP contribution in [0.2, 0.25) is 0 Å². The summed E-state index contributed by atoms with van der Waals surface area (Å²) in [6.07, 6.45) is 4.85. The SMILES string of the molecule is CC1=CC[C@@H]2C[C@@H]1[C@@H](c1ccc(O)cc1)OC2(C)C. The van der Waals surface area contributed by atoms with Crippen molar-refractivity contribution in [1.82, 2.24) is 0 Å². The summed E-state index contributed by atoms with van der Waals surface area (Å²) in [4.78, 5) is 0. The van der Waals surface area contributed by atoms with Gasteiger partial charge in [-0.1, -0.05) is 23.8 Å². The maximum absolute atomic E-state index is 9.43. The molecule has 0 aromatic heterocycles. The molecule has 0 spiro atoms. The van der Waals surface area contributed by atoms with Crippen LogP contribution in [-0.4, -0.2) is 10.7 Å². The molecule has 2 aliphatic rings. The lowest BCUT2D eigenvalue weighted by Crippen LogP contribution is -2.45. The molecule has 1 N–H and O–H groups in total. The Morgan fingerprint density at radius 2 is 1.89 bits per heavy atom. The predicted molar refractivity (Wildman–Crippen MR) is 76.0 cm³/mol. The molecule has 0 amide bonds. The first-order valence-electron chi connectivity index (χ1n) is 7.11. The lowest BCUT2D eigenvalue weighted by atomic mass is 9.69. The number of rotatable bonds is 1. The molecule has 102 valence electrons. The molecule has 3 rings (SSSR count). The first-order valence-corrected chi connectivity index (χ1v) is 7.11. The quantitative estimate of drug-likeness (QED) is 0.764. The fourth-order valence-electron chi connectivity index (χ4n) is 3.47. The number of ether oxygens (including phenoxy) is 1. The summed E-state index contributed by atoms with van der Waals surface area (Å²) in [6.45, 7) is 6.63. The van der Waals surface area contributed by atoms with Crippen LogP contribution in [0.5, 0.6) is 5.75 Å². The van der Waals surface area contributed by atoms with Gasteiger partial charge in [-0.2, -0.15) is 0 Å². The van der Waals surface area contributed by atoms with Gasteiger partial charge in [-0.15, -0.1) is 0 Å². The van der Waals surface area contributed by atoms with Crippen molar-refractivity contribution in [3.8, 4) is 5.75 Å². The largest absolute Gasteiger partial charge is 0.508 e. The van der Waals surface area contributed by atoms with Crippen molar-refractivity contribution >= 4 is 0 Å². The summed E-state index contributed by atoms with van der Waals surface area (Å²) < 4.78 is 6.41. The van der Waals surface area contributed by atoms with Gasteiger partial charge in [-0.05, 0) is 57.2 Å². The van der Waals surface area contributed by atoms with Crippen molar-refractivity contribution in [2.45, 2.75) is 45.3 Å². The Hall–Kier alpha value is -1.28. The molecule has 0 saturated carbocycles. The lowest BCUT2D eigenvalue weighted by molar-refractivity contribution is -0.166. The molecule has 1 aromatic carbocycles. The maximum Gasteiger partial charge on any atom is 0.115 e. The predicted octanol–water partition coefficient (Wildman–Crippen LogP) is 4.21. The molecule has 1 saturated heterocycles. The van der Waals surface area contributed by atoms with Crippen LogP contribution in [0.25, 0.3) is 0 Å². The molecule has 0 radical (unpaired) electrons. The van der Waals surface area contributed by atoms with E-state index in [0.29, 0.717) is 17.6 Å². The van der Waals surface area contributed by atoms with E-state index in [9.17, 15) is 5.11 Å². The zero-order valence-electron chi connectivity index (χ0n) is 11.9. The molecule has 1 fully saturated rings. The van der Waals surface area contributed by atoms with E-state index in [0.717, 1.165) is 6.42 Å². The number of hydrogen-bond acceptors (Lipinski definition) is 2. The monoisotopic (exact) mass is 258 g/mol. The number of allylic oxidation sites excluding steroid dienone is 1. The van der Waals surface area contributed by atoms with Gasteiger partial charge in [0, 0.05) is 5.92 Å². The molecule has 1 heterocycles. The Kier molecular flexibility index (Phi) is 2.94. The molecule has 0 unspecified atom stereocenters. The van der Waals surface area contributed by atoms with Gasteiger partial charge in [-0.25, -0.2) is 0 Å². The average molecular weight is 258 g/mol. The third-order valence-corrected chi connectivity index (χ3v) is 4.85. The Morgan fingerprint density at radius 1 is 1.21 bits per heavy atom. The van der Waals surface area contributed by atoms with Crippen molar-refractivity contribution in [2.75, 3.05) is 0 Å². The third-order valence-electron chi connectivity index (χ3n) is 4.85. The molecule has 1 aromatic rings. The van der Waals surface area contributed by atoms with Gasteiger partial charge in [0.15, 0.2) is 0 Å². The van der Waals surface area contributed by atoms with Gasteiger partial charge in [0.25, 0.3) is 0 Å². The summed E-state index contributed by atoms with van der Waals surface area (Å²) in [7, 11) is 0. The van der Waals surface area contributed by atoms with E-state index in [1.165, 1.54) is 17.6 Å². The van der Waals surface area contributed by atoms with Crippen LogP contribution in [0.4, 0.5) is 0 Å². The summed E-state index contributed by atoms with van der Waals surface area (Å²) in [6, 6.07) is 7.47. The van der Waals surface area contributed by atoms with Crippen LogP contribution in [-0.2, 0) is 4.74 Å². The minimum Gasteiger partial charge on any atom is -0.508 e. The van der Waals surface area contributed by atoms with Crippen LogP contribution in [0.1, 0.15) is 45.3 Å². The maximum atomic E-state index is 9.43. The Labute approximate surface area is 115 Å². The van der Waals surface area contributed by atoms with Crippen LogP contribution < -0.4 is 0 Å². The molecule has 2 heteroatoms. The Bertz CT molecular complexity index is 498. The molecule has 2 nitrogen and oxygen atoms in total. The number of phenols is 1. The summed E-state index contributed by atoms with van der Waals surface area (Å²) in [5.41, 5.74) is 2.55. The topological polar surface area (TPSA) is 29.5 Å². The first kappa shape index (κ1) is 12.7. The van der Waals surface area contributed by atoms with Gasteiger partial charge < -0.3 is 9.84 Å². The van der Waals surface area contributed by atoms with Gasteiger partial charge >= 0.3 is 0 Å². The number of benzene rings is 1. The number of phenolic OH excluding ortho intramolecular Hbond substituents is 1. The smallest absolute Gasteiger partial charge is 0.115 e. The van der Waals surface area contributed by atoms with Gasteiger partial charge in [-0.3, -0.25) is 0 Å². The van der Waals surface area contributed by atoms with Crippen molar-refractivity contribution in [3.05, 3.63) is 41.5 Å². The fourth-order valence-corrected chi connectivity index (χ4v) is 3.47. The number of hydrogen-bond donors (Lipinski definition) is 1. The van der Waals surface area contributed by atoms with Gasteiger partial charge in [0.1, 0.15) is 5.75 Å². The van der Waals surface area contributed by atoms with E-state index < -0.39 is 0 Å². The van der Waals surface area contributed by atoms with Crippen LogP contribution in [0.3, 0.4) is 0 Å². The number of fused-ring (bicyclic) bond motifs is 2. The Balaban J connectivity index is 1.97. The highest BCUT2D eigenvalue weighted by molar-refractivity contribution is 5.30. The van der Waals surface area contributed by atoms with E-state index in [4.69, 9.17) is 4.74 Å². The molecule has 2 bridgehead atoms. The van der Waals surface area contributed by atoms with E-state index in [1.807, 2.05) is 12.1 Å². The third kappa shape index (κ3) is 2.18. The standard InChI is InChI=1S/C17H22O2/c1-11-4-7-13-10-15(11)16(19-17(13,2)3)12-5-8-14(18)9-6-12/h4-6,8-9,13,15-16,18H,7,10H2,1-3H3/t13-,15+,16-/m1/s1. The first-order chi connectivity index (χ1) is 8.97.